The first-order valence-corrected chi connectivity index (χ1v) is 12.7. The molecule has 2 heterocycles. The summed E-state index contributed by atoms with van der Waals surface area (Å²) >= 11 is 0. The fraction of sp³-hybridized carbons (Fsp3) is 0.741. The van der Waals surface area contributed by atoms with Crippen LogP contribution in [0.4, 0.5) is 5.69 Å². The highest BCUT2D eigenvalue weighted by molar-refractivity contribution is 5.92. The van der Waals surface area contributed by atoms with Crippen molar-refractivity contribution in [2.45, 2.75) is 78.2 Å². The molecule has 0 radical (unpaired) electrons. The molecule has 4 fully saturated rings. The Labute approximate surface area is 192 Å². The van der Waals surface area contributed by atoms with E-state index >= 15 is 0 Å². The summed E-state index contributed by atoms with van der Waals surface area (Å²) in [5, 5.41) is 3.10. The van der Waals surface area contributed by atoms with Gasteiger partial charge in [0.1, 0.15) is 0 Å². The first-order valence-electron chi connectivity index (χ1n) is 12.7. The van der Waals surface area contributed by atoms with Crippen molar-refractivity contribution in [2.24, 2.45) is 40.4 Å². The third-order valence-electron chi connectivity index (χ3n) is 10.6. The first kappa shape index (κ1) is 21.9. The summed E-state index contributed by atoms with van der Waals surface area (Å²) in [6.45, 7) is 7.11. The van der Waals surface area contributed by atoms with Crippen molar-refractivity contribution in [3.8, 4) is 0 Å². The van der Waals surface area contributed by atoms with Gasteiger partial charge in [-0.15, -0.1) is 0 Å². The number of piperidine rings is 1. The number of rotatable bonds is 3. The Balaban J connectivity index is 1.34. The molecular weight excluding hydrogens is 398 g/mol. The van der Waals surface area contributed by atoms with Gasteiger partial charge >= 0.3 is 0 Å². The molecule has 174 valence electrons. The maximum Gasteiger partial charge on any atom is 0.227 e. The number of likely N-dealkylation sites (tertiary alicyclic amines) is 1. The average Bonchev–Trinajstić information content (AvgIpc) is 3.14. The van der Waals surface area contributed by atoms with Crippen LogP contribution in [0, 0.1) is 40.4 Å². The van der Waals surface area contributed by atoms with Gasteiger partial charge in [-0.2, -0.15) is 0 Å². The largest absolute Gasteiger partial charge is 0.342 e. The summed E-state index contributed by atoms with van der Waals surface area (Å²) < 4.78 is 0. The van der Waals surface area contributed by atoms with Gasteiger partial charge in [-0.05, 0) is 91.6 Å². The number of anilines is 1. The monoisotopic (exact) mass is 437 g/mol. The molecule has 0 bridgehead atoms. The molecule has 2 amide bonds. The van der Waals surface area contributed by atoms with Crippen LogP contribution in [-0.4, -0.2) is 34.8 Å². The lowest BCUT2D eigenvalue weighted by molar-refractivity contribution is -0.159. The van der Waals surface area contributed by atoms with Gasteiger partial charge in [0.2, 0.25) is 11.8 Å². The van der Waals surface area contributed by atoms with Crippen LogP contribution in [0.1, 0.15) is 72.1 Å². The van der Waals surface area contributed by atoms with E-state index in [0.29, 0.717) is 36.1 Å². The van der Waals surface area contributed by atoms with E-state index in [2.05, 4.69) is 36.0 Å². The number of aromatic nitrogens is 1. The summed E-state index contributed by atoms with van der Waals surface area (Å²) in [5.41, 5.74) is 1.29. The number of amides is 2. The minimum Gasteiger partial charge on any atom is -0.342 e. The highest BCUT2D eigenvalue weighted by atomic mass is 16.2. The second-order valence-corrected chi connectivity index (χ2v) is 11.7. The Morgan fingerprint density at radius 2 is 1.91 bits per heavy atom. The molecule has 3 aliphatic carbocycles. The topological polar surface area (TPSA) is 62.3 Å². The fourth-order valence-electron chi connectivity index (χ4n) is 8.89. The molecule has 1 aromatic rings. The minimum absolute atomic E-state index is 0.00659. The predicted octanol–water partition coefficient (Wildman–Crippen LogP) is 5.14. The number of nitrogens with one attached hydrogen (secondary N) is 1. The number of hydrogen-bond donors (Lipinski definition) is 1. The fourth-order valence-corrected chi connectivity index (χ4v) is 8.89. The third-order valence-corrected chi connectivity index (χ3v) is 10.6. The molecule has 1 saturated heterocycles. The summed E-state index contributed by atoms with van der Waals surface area (Å²) in [6, 6.07) is 4.19. The number of carbonyl (C=O) groups is 2. The lowest BCUT2D eigenvalue weighted by atomic mass is 9.46. The Hall–Kier alpha value is -1.91. The Morgan fingerprint density at radius 3 is 2.66 bits per heavy atom. The molecule has 1 N–H and O–H groups in total. The van der Waals surface area contributed by atoms with Gasteiger partial charge in [0.25, 0.3) is 0 Å². The second-order valence-electron chi connectivity index (χ2n) is 11.7. The van der Waals surface area contributed by atoms with Crippen LogP contribution >= 0.6 is 0 Å². The molecular formula is C27H39N3O2. The third kappa shape index (κ3) is 3.21. The molecule has 5 nitrogen and oxygen atoms in total. The highest BCUT2D eigenvalue weighted by Crippen LogP contribution is 2.67. The van der Waals surface area contributed by atoms with Crippen molar-refractivity contribution < 1.29 is 9.59 Å². The van der Waals surface area contributed by atoms with E-state index in [9.17, 15) is 9.59 Å². The van der Waals surface area contributed by atoms with E-state index in [4.69, 9.17) is 0 Å². The van der Waals surface area contributed by atoms with E-state index in [1.165, 1.54) is 25.7 Å². The molecule has 8 atom stereocenters. The van der Waals surface area contributed by atoms with Gasteiger partial charge in [0.05, 0.1) is 11.9 Å². The van der Waals surface area contributed by atoms with Gasteiger partial charge < -0.3 is 10.2 Å². The number of nitrogens with zero attached hydrogens (tertiary/aromatic N) is 2. The zero-order valence-corrected chi connectivity index (χ0v) is 20.1. The zero-order chi connectivity index (χ0) is 22.7. The molecule has 5 heteroatoms. The molecule has 0 spiro atoms. The molecule has 32 heavy (non-hydrogen) atoms. The molecule has 1 aromatic heterocycles. The van der Waals surface area contributed by atoms with Crippen molar-refractivity contribution >= 4 is 17.5 Å². The normalized spacial score (nSPS) is 41.9. The van der Waals surface area contributed by atoms with Gasteiger partial charge in [0.15, 0.2) is 0 Å². The van der Waals surface area contributed by atoms with E-state index in [0.717, 1.165) is 30.9 Å². The first-order chi connectivity index (χ1) is 15.3. The predicted molar refractivity (Wildman–Crippen MR) is 126 cm³/mol. The molecule has 1 aliphatic heterocycles. The van der Waals surface area contributed by atoms with Crippen LogP contribution in [0.5, 0.6) is 0 Å². The number of carbonyl (C=O) groups excluding carboxylic acids is 2. The van der Waals surface area contributed by atoms with E-state index in [1.807, 2.05) is 19.2 Å². The van der Waals surface area contributed by atoms with E-state index < -0.39 is 0 Å². The lowest BCUT2D eigenvalue weighted by Gasteiger charge is -2.62. The molecule has 5 rings (SSSR count). The van der Waals surface area contributed by atoms with Crippen LogP contribution in [0.3, 0.4) is 0 Å². The average molecular weight is 438 g/mol. The summed E-state index contributed by atoms with van der Waals surface area (Å²) in [7, 11) is 2.03. The van der Waals surface area contributed by atoms with Gasteiger partial charge in [0, 0.05) is 31.6 Å². The van der Waals surface area contributed by atoms with Crippen LogP contribution in [0.25, 0.3) is 0 Å². The number of fused-ring (bicyclic) bond motifs is 5. The van der Waals surface area contributed by atoms with Crippen LogP contribution in [0.2, 0.25) is 0 Å². The van der Waals surface area contributed by atoms with Gasteiger partial charge in [-0.25, -0.2) is 0 Å². The van der Waals surface area contributed by atoms with Crippen LogP contribution in [-0.2, 0) is 9.59 Å². The summed E-state index contributed by atoms with van der Waals surface area (Å²) in [4.78, 5) is 31.7. The number of pyridine rings is 1. The zero-order valence-electron chi connectivity index (χ0n) is 20.1. The van der Waals surface area contributed by atoms with E-state index in [-0.39, 0.29) is 22.7 Å². The molecule has 0 aromatic carbocycles. The Kier molecular flexibility index (Phi) is 5.37. The van der Waals surface area contributed by atoms with Crippen molar-refractivity contribution in [2.75, 3.05) is 12.4 Å². The molecule has 3 saturated carbocycles. The van der Waals surface area contributed by atoms with Crippen LogP contribution in [0.15, 0.2) is 24.5 Å². The molecule has 4 aliphatic rings. The Morgan fingerprint density at radius 1 is 1.12 bits per heavy atom. The van der Waals surface area contributed by atoms with Crippen molar-refractivity contribution in [3.63, 3.8) is 0 Å². The maximum atomic E-state index is 13.1. The van der Waals surface area contributed by atoms with E-state index in [1.54, 1.807) is 12.4 Å². The smallest absolute Gasteiger partial charge is 0.227 e. The minimum atomic E-state index is 0.00659. The van der Waals surface area contributed by atoms with Gasteiger partial charge in [-0.3, -0.25) is 14.6 Å². The second kappa shape index (κ2) is 7.85. The van der Waals surface area contributed by atoms with Crippen molar-refractivity contribution in [1.29, 1.82) is 0 Å². The summed E-state index contributed by atoms with van der Waals surface area (Å²) in [5.74, 6) is 3.08. The summed E-state index contributed by atoms with van der Waals surface area (Å²) in [6.07, 6.45) is 12.5. The number of hydrogen-bond acceptors (Lipinski definition) is 3. The highest BCUT2D eigenvalue weighted by Gasteiger charge is 2.61. The van der Waals surface area contributed by atoms with Crippen molar-refractivity contribution in [1.82, 2.24) is 9.88 Å². The standard InChI is InChI=1S/C27H39N3O2/c1-17(25(32)29-18-6-5-15-28-16-18)20-8-9-21-19-7-10-23-27(3,14-12-24(31)30(23)4)22(19)11-13-26(20,21)2/h5-6,15-17,19-23H,7-14H2,1-4H3,(H,29,32)/t17?,19-,20+,21-,22-,23?,26+,27+/m0/s1. The quantitative estimate of drug-likeness (QED) is 0.712. The SMILES string of the molecule is CC(C(=O)Nc1cccnc1)[C@H]1CC[C@H]2[C@@H]3CCC4N(C)C(=O)CC[C@]4(C)[C@H]3CC[C@]12C. The van der Waals surface area contributed by atoms with Crippen molar-refractivity contribution in [3.05, 3.63) is 24.5 Å². The lowest BCUT2D eigenvalue weighted by Crippen LogP contribution is -2.61. The van der Waals surface area contributed by atoms with Gasteiger partial charge in [-0.1, -0.05) is 20.8 Å². The molecule has 2 unspecified atom stereocenters. The van der Waals surface area contributed by atoms with Crippen LogP contribution < -0.4 is 5.32 Å². The maximum absolute atomic E-state index is 13.1. The Bertz CT molecular complexity index is 888.